The van der Waals surface area contributed by atoms with E-state index in [-0.39, 0.29) is 47.6 Å². The second-order valence-electron chi connectivity index (χ2n) is 12.3. The van der Waals surface area contributed by atoms with Gasteiger partial charge in [0.15, 0.2) is 0 Å². The second kappa shape index (κ2) is 14.2. The van der Waals surface area contributed by atoms with Crippen LogP contribution in [0.4, 0.5) is 42.8 Å². The topological polar surface area (TPSA) is 93.7 Å². The van der Waals surface area contributed by atoms with Crippen molar-refractivity contribution >= 4 is 23.7 Å². The van der Waals surface area contributed by atoms with Gasteiger partial charge in [-0.05, 0) is 93.3 Å². The molecule has 3 aromatic rings. The molecular formula is C33H36F6N4O4. The van der Waals surface area contributed by atoms with E-state index in [1.165, 1.54) is 0 Å². The fraction of sp³-hybridized carbons (Fsp3) is 0.455. The highest BCUT2D eigenvalue weighted by molar-refractivity contribution is 5.73. The summed E-state index contributed by atoms with van der Waals surface area (Å²) in [5.74, 6) is -0.660. The third kappa shape index (κ3) is 9.82. The minimum absolute atomic E-state index is 0.00300. The molecule has 1 saturated heterocycles. The van der Waals surface area contributed by atoms with Crippen molar-refractivity contribution in [3.63, 3.8) is 0 Å². The minimum Gasteiger partial charge on any atom is -0.469 e. The molecule has 0 radical (unpaired) electrons. The predicted molar refractivity (Wildman–Crippen MR) is 161 cm³/mol. The van der Waals surface area contributed by atoms with Crippen LogP contribution >= 0.6 is 0 Å². The van der Waals surface area contributed by atoms with Gasteiger partial charge in [-0.2, -0.15) is 26.3 Å². The van der Waals surface area contributed by atoms with Crippen LogP contribution in [-0.2, 0) is 45.9 Å². The van der Waals surface area contributed by atoms with Crippen molar-refractivity contribution in [3.05, 3.63) is 82.2 Å². The zero-order valence-corrected chi connectivity index (χ0v) is 26.4. The van der Waals surface area contributed by atoms with Gasteiger partial charge in [-0.3, -0.25) is 4.79 Å². The van der Waals surface area contributed by atoms with Crippen LogP contribution in [0.5, 0.6) is 0 Å². The van der Waals surface area contributed by atoms with Gasteiger partial charge >= 0.3 is 24.4 Å². The molecule has 0 aliphatic carbocycles. The predicted octanol–water partition coefficient (Wildman–Crippen LogP) is 7.87. The average Bonchev–Trinajstić information content (AvgIpc) is 2.99. The quantitative estimate of drug-likeness (QED) is 0.193. The summed E-state index contributed by atoms with van der Waals surface area (Å²) in [5, 5.41) is 2.92. The lowest BCUT2D eigenvalue weighted by Gasteiger charge is -2.33. The Morgan fingerprint density at radius 2 is 1.57 bits per heavy atom. The molecule has 1 aliphatic heterocycles. The lowest BCUT2D eigenvalue weighted by atomic mass is 9.89. The van der Waals surface area contributed by atoms with Crippen molar-refractivity contribution in [1.82, 2.24) is 14.9 Å². The molecule has 8 nitrogen and oxygen atoms in total. The molecular weight excluding hydrogens is 630 g/mol. The number of likely N-dealkylation sites (tertiary alicyclic amines) is 1. The van der Waals surface area contributed by atoms with E-state index in [9.17, 15) is 35.9 Å². The van der Waals surface area contributed by atoms with Crippen LogP contribution < -0.4 is 5.32 Å². The summed E-state index contributed by atoms with van der Waals surface area (Å²) >= 11 is 0. The summed E-state index contributed by atoms with van der Waals surface area (Å²) in [7, 11) is 1.09. The molecule has 1 fully saturated rings. The van der Waals surface area contributed by atoms with Crippen LogP contribution in [0.25, 0.3) is 0 Å². The largest absolute Gasteiger partial charge is 0.469 e. The number of anilines is 2. The van der Waals surface area contributed by atoms with Crippen molar-refractivity contribution in [2.24, 2.45) is 0 Å². The SMILES string of the molecule is COC(=O)Cc1cc(C(F)(F)F)ccc1CCc1nc(Nc2ccc(C3CCN(C(=O)OC(C)(C)C)CC3)cc2)ncc1C(F)(F)F. The van der Waals surface area contributed by atoms with Crippen LogP contribution in [0.3, 0.4) is 0 Å². The Morgan fingerprint density at radius 1 is 0.915 bits per heavy atom. The maximum absolute atomic E-state index is 13.9. The molecule has 0 unspecified atom stereocenters. The molecule has 1 aliphatic rings. The maximum atomic E-state index is 13.9. The zero-order valence-electron chi connectivity index (χ0n) is 26.4. The standard InChI is InChI=1S/C33H36F6N4O4/c1-31(2,3)47-30(45)43-15-13-22(14-16-43)20-6-10-25(11-7-20)41-29-40-19-26(33(37,38)39)27(42-29)12-8-21-5-9-24(32(34,35)36)17-23(21)18-28(44)46-4/h5-7,9-11,17,19,22H,8,12-16,18H2,1-4H3,(H,40,41,42). The molecule has 47 heavy (non-hydrogen) atoms. The summed E-state index contributed by atoms with van der Waals surface area (Å²) in [6.45, 7) is 6.56. The maximum Gasteiger partial charge on any atom is 0.419 e. The van der Waals surface area contributed by atoms with Gasteiger partial charge in [-0.15, -0.1) is 0 Å². The number of nitrogens with one attached hydrogen (secondary N) is 1. The first-order chi connectivity index (χ1) is 21.9. The van der Waals surface area contributed by atoms with E-state index in [4.69, 9.17) is 4.74 Å². The monoisotopic (exact) mass is 666 g/mol. The van der Waals surface area contributed by atoms with Crippen LogP contribution in [0.2, 0.25) is 0 Å². The molecule has 4 rings (SSSR count). The van der Waals surface area contributed by atoms with Gasteiger partial charge in [0.05, 0.1) is 30.4 Å². The number of alkyl halides is 6. The van der Waals surface area contributed by atoms with Crippen molar-refractivity contribution in [3.8, 4) is 0 Å². The normalized spacial score (nSPS) is 14.6. The molecule has 2 aromatic carbocycles. The number of hydrogen-bond donors (Lipinski definition) is 1. The van der Waals surface area contributed by atoms with E-state index in [1.807, 2.05) is 32.9 Å². The van der Waals surface area contributed by atoms with Gasteiger partial charge in [-0.1, -0.05) is 18.2 Å². The number of aryl methyl sites for hydroxylation is 2. The fourth-order valence-corrected chi connectivity index (χ4v) is 5.29. The van der Waals surface area contributed by atoms with Crippen LogP contribution in [0, 0.1) is 0 Å². The molecule has 2 heterocycles. The third-order valence-corrected chi connectivity index (χ3v) is 7.69. The van der Waals surface area contributed by atoms with Crippen molar-refractivity contribution in [1.29, 1.82) is 0 Å². The van der Waals surface area contributed by atoms with Crippen molar-refractivity contribution in [2.45, 2.75) is 76.7 Å². The van der Waals surface area contributed by atoms with Crippen molar-refractivity contribution < 1.29 is 45.4 Å². The third-order valence-electron chi connectivity index (χ3n) is 7.69. The van der Waals surface area contributed by atoms with E-state index < -0.39 is 41.5 Å². The molecule has 1 aromatic heterocycles. The van der Waals surface area contributed by atoms with E-state index in [2.05, 4.69) is 20.0 Å². The number of methoxy groups -OCH3 is 1. The lowest BCUT2D eigenvalue weighted by Crippen LogP contribution is -2.41. The summed E-state index contributed by atoms with van der Waals surface area (Å²) in [6, 6.07) is 10.1. The first-order valence-electron chi connectivity index (χ1n) is 15.0. The minimum atomic E-state index is -4.77. The number of halogens is 6. The average molecular weight is 667 g/mol. The summed E-state index contributed by atoms with van der Waals surface area (Å²) < 4.78 is 91.5. The number of rotatable bonds is 8. The number of carbonyl (C=O) groups is 2. The number of nitrogens with zero attached hydrogens (tertiary/aromatic N) is 3. The summed E-state index contributed by atoms with van der Waals surface area (Å²) in [4.78, 5) is 33.9. The Balaban J connectivity index is 1.47. The zero-order chi connectivity index (χ0) is 34.6. The first kappa shape index (κ1) is 35.5. The van der Waals surface area contributed by atoms with Crippen LogP contribution in [-0.4, -0.2) is 52.7 Å². The highest BCUT2D eigenvalue weighted by atomic mass is 19.4. The van der Waals surface area contributed by atoms with Gasteiger partial charge in [0, 0.05) is 25.0 Å². The van der Waals surface area contributed by atoms with Crippen LogP contribution in [0.15, 0.2) is 48.7 Å². The van der Waals surface area contributed by atoms with Gasteiger partial charge in [0.1, 0.15) is 5.60 Å². The van der Waals surface area contributed by atoms with Gasteiger partial charge in [0.2, 0.25) is 5.95 Å². The summed E-state index contributed by atoms with van der Waals surface area (Å²) in [6.07, 6.45) is -8.50. The number of ether oxygens (including phenoxy) is 2. The van der Waals surface area contributed by atoms with Crippen LogP contribution in [0.1, 0.15) is 73.0 Å². The molecule has 0 spiro atoms. The van der Waals surface area contributed by atoms with E-state index in [0.29, 0.717) is 25.0 Å². The number of aromatic nitrogens is 2. The fourth-order valence-electron chi connectivity index (χ4n) is 5.29. The van der Waals surface area contributed by atoms with E-state index in [0.717, 1.165) is 43.7 Å². The number of hydrogen-bond acceptors (Lipinski definition) is 7. The number of benzene rings is 2. The molecule has 0 saturated carbocycles. The number of carbonyl (C=O) groups excluding carboxylic acids is 2. The van der Waals surface area contributed by atoms with Gasteiger partial charge < -0.3 is 19.7 Å². The number of esters is 1. The Morgan fingerprint density at radius 3 is 2.15 bits per heavy atom. The first-order valence-corrected chi connectivity index (χ1v) is 15.0. The Hall–Kier alpha value is -4.36. The van der Waals surface area contributed by atoms with E-state index >= 15 is 0 Å². The van der Waals surface area contributed by atoms with Crippen molar-refractivity contribution in [2.75, 3.05) is 25.5 Å². The molecule has 1 amide bonds. The molecule has 0 bridgehead atoms. The van der Waals surface area contributed by atoms with E-state index in [1.54, 1.807) is 17.0 Å². The highest BCUT2D eigenvalue weighted by Gasteiger charge is 2.35. The summed E-state index contributed by atoms with van der Waals surface area (Å²) in [5.41, 5.74) is -1.14. The molecule has 1 N–H and O–H groups in total. The molecule has 254 valence electrons. The number of amides is 1. The number of piperidine rings is 1. The smallest absolute Gasteiger partial charge is 0.419 e. The highest BCUT2D eigenvalue weighted by Crippen LogP contribution is 2.34. The van der Waals surface area contributed by atoms with Gasteiger partial charge in [-0.25, -0.2) is 14.8 Å². The Kier molecular flexibility index (Phi) is 10.7. The Labute approximate surface area is 268 Å². The lowest BCUT2D eigenvalue weighted by molar-refractivity contribution is -0.140. The van der Waals surface area contributed by atoms with Gasteiger partial charge in [0.25, 0.3) is 0 Å². The Bertz CT molecular complexity index is 1560. The molecule has 0 atom stereocenters. The second-order valence-corrected chi connectivity index (χ2v) is 12.3. The molecule has 14 heteroatoms.